The summed E-state index contributed by atoms with van der Waals surface area (Å²) < 4.78 is 10.6. The van der Waals surface area contributed by atoms with Crippen LogP contribution in [0.3, 0.4) is 0 Å². The normalized spacial score (nSPS) is 24.0. The van der Waals surface area contributed by atoms with Gasteiger partial charge < -0.3 is 20.1 Å². The Balaban J connectivity index is 1.71. The van der Waals surface area contributed by atoms with Gasteiger partial charge in [0.25, 0.3) is 0 Å². The largest absolute Gasteiger partial charge is 0.454 e. The summed E-state index contributed by atoms with van der Waals surface area (Å²) in [5.74, 6) is 1.17. The van der Waals surface area contributed by atoms with Gasteiger partial charge in [0.2, 0.25) is 18.6 Å². The summed E-state index contributed by atoms with van der Waals surface area (Å²) in [4.78, 5) is 24.1. The average Bonchev–Trinajstić information content (AvgIpc) is 2.89. The number of piperazine rings is 1. The molecule has 2 aliphatic rings. The molecule has 21 heavy (non-hydrogen) atoms. The maximum absolute atomic E-state index is 12.1. The van der Waals surface area contributed by atoms with E-state index in [2.05, 4.69) is 10.6 Å². The highest BCUT2D eigenvalue weighted by molar-refractivity contribution is 5.97. The smallest absolute Gasteiger partial charge is 0.243 e. The van der Waals surface area contributed by atoms with Crippen LogP contribution in [0.2, 0.25) is 0 Å². The third-order valence-corrected chi connectivity index (χ3v) is 3.76. The molecular formula is C15H18N2O4. The molecule has 0 radical (unpaired) electrons. The van der Waals surface area contributed by atoms with Crippen molar-refractivity contribution in [2.24, 2.45) is 5.92 Å². The van der Waals surface area contributed by atoms with Crippen molar-refractivity contribution in [1.82, 2.24) is 10.6 Å². The van der Waals surface area contributed by atoms with Gasteiger partial charge in [-0.05, 0) is 23.6 Å². The van der Waals surface area contributed by atoms with Crippen LogP contribution in [0.4, 0.5) is 0 Å². The minimum atomic E-state index is -0.548. The van der Waals surface area contributed by atoms with Crippen LogP contribution in [-0.4, -0.2) is 30.7 Å². The van der Waals surface area contributed by atoms with Crippen LogP contribution in [0, 0.1) is 5.92 Å². The van der Waals surface area contributed by atoms with E-state index < -0.39 is 12.1 Å². The van der Waals surface area contributed by atoms with Gasteiger partial charge in [-0.15, -0.1) is 0 Å². The lowest BCUT2D eigenvalue weighted by Crippen LogP contribution is -2.63. The van der Waals surface area contributed by atoms with Crippen molar-refractivity contribution < 1.29 is 19.1 Å². The van der Waals surface area contributed by atoms with E-state index in [1.807, 2.05) is 32.0 Å². The summed E-state index contributed by atoms with van der Waals surface area (Å²) >= 11 is 0. The predicted octanol–water partition coefficient (Wildman–Crippen LogP) is 0.597. The first-order chi connectivity index (χ1) is 10.0. The lowest BCUT2D eigenvalue weighted by molar-refractivity contribution is -0.137. The second kappa shape index (κ2) is 5.27. The predicted molar refractivity (Wildman–Crippen MR) is 75.0 cm³/mol. The van der Waals surface area contributed by atoms with Gasteiger partial charge in [-0.2, -0.15) is 0 Å². The third kappa shape index (κ3) is 2.66. The molecule has 2 aliphatic heterocycles. The third-order valence-electron chi connectivity index (χ3n) is 3.76. The molecule has 6 nitrogen and oxygen atoms in total. The van der Waals surface area contributed by atoms with Crippen molar-refractivity contribution in [3.05, 3.63) is 23.8 Å². The molecule has 1 aromatic carbocycles. The number of hydrogen-bond donors (Lipinski definition) is 2. The van der Waals surface area contributed by atoms with Crippen LogP contribution >= 0.6 is 0 Å². The molecule has 112 valence electrons. The zero-order valence-electron chi connectivity index (χ0n) is 12.0. The van der Waals surface area contributed by atoms with Crippen LogP contribution in [0.5, 0.6) is 11.5 Å². The number of fused-ring (bicyclic) bond motifs is 1. The average molecular weight is 290 g/mol. The molecular weight excluding hydrogens is 272 g/mol. The summed E-state index contributed by atoms with van der Waals surface area (Å²) in [5, 5.41) is 5.57. The SMILES string of the molecule is CC(C)C1NC(=O)C(Cc2ccc3c(c2)OCO3)NC1=O. The molecule has 2 atom stereocenters. The van der Waals surface area contributed by atoms with E-state index in [4.69, 9.17) is 9.47 Å². The van der Waals surface area contributed by atoms with Crippen LogP contribution in [-0.2, 0) is 16.0 Å². The van der Waals surface area contributed by atoms with E-state index in [9.17, 15) is 9.59 Å². The summed E-state index contributed by atoms with van der Waals surface area (Å²) in [6.45, 7) is 4.03. The number of ether oxygens (including phenoxy) is 2. The lowest BCUT2D eigenvalue weighted by Gasteiger charge is -2.31. The molecule has 0 aromatic heterocycles. The van der Waals surface area contributed by atoms with Crippen LogP contribution in [0.25, 0.3) is 0 Å². The highest BCUT2D eigenvalue weighted by Crippen LogP contribution is 2.32. The molecule has 2 amide bonds. The van der Waals surface area contributed by atoms with Crippen molar-refractivity contribution in [3.63, 3.8) is 0 Å². The molecule has 0 spiro atoms. The highest BCUT2D eigenvalue weighted by atomic mass is 16.7. The van der Waals surface area contributed by atoms with E-state index in [0.717, 1.165) is 5.56 Å². The molecule has 2 unspecified atom stereocenters. The fourth-order valence-electron chi connectivity index (χ4n) is 2.56. The van der Waals surface area contributed by atoms with Crippen LogP contribution in [0.1, 0.15) is 19.4 Å². The number of hydrogen-bond acceptors (Lipinski definition) is 4. The molecule has 1 aromatic rings. The van der Waals surface area contributed by atoms with Gasteiger partial charge in [0, 0.05) is 6.42 Å². The van der Waals surface area contributed by atoms with E-state index in [-0.39, 0.29) is 24.5 Å². The molecule has 0 saturated carbocycles. The summed E-state index contributed by atoms with van der Waals surface area (Å²) in [5.41, 5.74) is 0.919. The number of carbonyl (C=O) groups is 2. The summed E-state index contributed by atoms with van der Waals surface area (Å²) in [6.07, 6.45) is 0.430. The second-order valence-electron chi connectivity index (χ2n) is 5.68. The number of carbonyl (C=O) groups excluding carboxylic acids is 2. The van der Waals surface area contributed by atoms with Gasteiger partial charge in [-0.3, -0.25) is 9.59 Å². The van der Waals surface area contributed by atoms with Crippen LogP contribution < -0.4 is 20.1 Å². The van der Waals surface area contributed by atoms with Gasteiger partial charge >= 0.3 is 0 Å². The van der Waals surface area contributed by atoms with Crippen molar-refractivity contribution in [2.75, 3.05) is 6.79 Å². The Morgan fingerprint density at radius 3 is 2.67 bits per heavy atom. The van der Waals surface area contributed by atoms with Gasteiger partial charge in [0.1, 0.15) is 12.1 Å². The molecule has 1 fully saturated rings. The van der Waals surface area contributed by atoms with Crippen LogP contribution in [0.15, 0.2) is 18.2 Å². The maximum atomic E-state index is 12.1. The number of nitrogens with one attached hydrogen (secondary N) is 2. The molecule has 3 rings (SSSR count). The Morgan fingerprint density at radius 1 is 1.14 bits per heavy atom. The van der Waals surface area contributed by atoms with E-state index in [1.165, 1.54) is 0 Å². The lowest BCUT2D eigenvalue weighted by atomic mass is 9.97. The number of benzene rings is 1. The van der Waals surface area contributed by atoms with Crippen molar-refractivity contribution in [2.45, 2.75) is 32.4 Å². The fraction of sp³-hybridized carbons (Fsp3) is 0.467. The minimum Gasteiger partial charge on any atom is -0.454 e. The van der Waals surface area contributed by atoms with Gasteiger partial charge in [-0.25, -0.2) is 0 Å². The van der Waals surface area contributed by atoms with Crippen molar-refractivity contribution in [3.8, 4) is 11.5 Å². The number of rotatable bonds is 3. The molecule has 2 heterocycles. The molecule has 2 N–H and O–H groups in total. The van der Waals surface area contributed by atoms with Gasteiger partial charge in [0.05, 0.1) is 0 Å². The summed E-state index contributed by atoms with van der Waals surface area (Å²) in [7, 11) is 0. The molecule has 0 aliphatic carbocycles. The Kier molecular flexibility index (Phi) is 3.45. The first kappa shape index (κ1) is 13.7. The topological polar surface area (TPSA) is 76.7 Å². The standard InChI is InChI=1S/C15H18N2O4/c1-8(2)13-15(19)16-10(14(18)17-13)5-9-3-4-11-12(6-9)21-7-20-11/h3-4,6,8,10,13H,5,7H2,1-2H3,(H,16,19)(H,17,18). The monoisotopic (exact) mass is 290 g/mol. The molecule has 6 heteroatoms. The summed E-state index contributed by atoms with van der Waals surface area (Å²) in [6, 6.07) is 4.54. The zero-order chi connectivity index (χ0) is 15.0. The first-order valence-corrected chi connectivity index (χ1v) is 7.04. The minimum absolute atomic E-state index is 0.0699. The highest BCUT2D eigenvalue weighted by Gasteiger charge is 2.35. The Hall–Kier alpha value is -2.24. The van der Waals surface area contributed by atoms with E-state index in [0.29, 0.717) is 17.9 Å². The Morgan fingerprint density at radius 2 is 1.90 bits per heavy atom. The molecule has 0 bridgehead atoms. The first-order valence-electron chi connectivity index (χ1n) is 7.04. The van der Waals surface area contributed by atoms with E-state index >= 15 is 0 Å². The zero-order valence-corrected chi connectivity index (χ0v) is 12.0. The van der Waals surface area contributed by atoms with Gasteiger partial charge in [-0.1, -0.05) is 19.9 Å². The Labute approximate surface area is 122 Å². The maximum Gasteiger partial charge on any atom is 0.243 e. The van der Waals surface area contributed by atoms with Crippen molar-refractivity contribution >= 4 is 11.8 Å². The van der Waals surface area contributed by atoms with E-state index in [1.54, 1.807) is 0 Å². The number of amides is 2. The quantitative estimate of drug-likeness (QED) is 0.854. The van der Waals surface area contributed by atoms with Crippen molar-refractivity contribution in [1.29, 1.82) is 0 Å². The molecule has 1 saturated heterocycles. The van der Waals surface area contributed by atoms with Gasteiger partial charge in [0.15, 0.2) is 11.5 Å². The Bertz CT molecular complexity index is 585. The second-order valence-corrected chi connectivity index (χ2v) is 5.68. The fourth-order valence-corrected chi connectivity index (χ4v) is 2.56.